The van der Waals surface area contributed by atoms with Crippen LogP contribution >= 0.6 is 0 Å². The molecular weight excluding hydrogens is 214 g/mol. The molecule has 0 saturated heterocycles. The molecule has 3 nitrogen and oxygen atoms in total. The van der Waals surface area contributed by atoms with E-state index in [0.29, 0.717) is 12.8 Å². The van der Waals surface area contributed by atoms with Gasteiger partial charge in [-0.25, -0.2) is 0 Å². The molecule has 90 valence electrons. The minimum atomic E-state index is 0.151. The molecule has 2 rings (SSSR count). The Morgan fingerprint density at radius 3 is 2.65 bits per heavy atom. The fourth-order valence-electron chi connectivity index (χ4n) is 2.23. The van der Waals surface area contributed by atoms with Crippen LogP contribution < -0.4 is 4.90 Å². The molecule has 0 spiro atoms. The first-order chi connectivity index (χ1) is 8.17. The number of fused-ring (bicyclic) bond motifs is 1. The molecule has 3 heteroatoms. The zero-order valence-corrected chi connectivity index (χ0v) is 10.3. The first-order valence-electron chi connectivity index (χ1n) is 6.13. The summed E-state index contributed by atoms with van der Waals surface area (Å²) < 4.78 is 0. The Kier molecular flexibility index (Phi) is 3.27. The Morgan fingerprint density at radius 2 is 2.00 bits per heavy atom. The van der Waals surface area contributed by atoms with Gasteiger partial charge >= 0.3 is 0 Å². The van der Waals surface area contributed by atoms with Gasteiger partial charge in [0.05, 0.1) is 0 Å². The molecule has 0 N–H and O–H groups in total. The summed E-state index contributed by atoms with van der Waals surface area (Å²) in [5.74, 6) is 0.311. The fraction of sp³-hybridized carbons (Fsp3) is 0.429. The Bertz CT molecular complexity index is 465. The van der Waals surface area contributed by atoms with E-state index in [-0.39, 0.29) is 11.7 Å². The van der Waals surface area contributed by atoms with E-state index in [1.807, 2.05) is 36.9 Å². The number of anilines is 1. The Morgan fingerprint density at radius 1 is 1.24 bits per heavy atom. The number of hydrogen-bond donors (Lipinski definition) is 0. The van der Waals surface area contributed by atoms with Gasteiger partial charge in [-0.05, 0) is 30.2 Å². The summed E-state index contributed by atoms with van der Waals surface area (Å²) in [5.41, 5.74) is 2.85. The predicted octanol–water partition coefficient (Wildman–Crippen LogP) is 2.58. The SMILES string of the molecule is CCC(=O)c1ccc2c(c1)CCN2C(=O)CC. The van der Waals surface area contributed by atoms with Crippen molar-refractivity contribution in [2.45, 2.75) is 33.1 Å². The van der Waals surface area contributed by atoms with Crippen LogP contribution in [0.25, 0.3) is 0 Å². The monoisotopic (exact) mass is 231 g/mol. The lowest BCUT2D eigenvalue weighted by molar-refractivity contribution is -0.118. The van der Waals surface area contributed by atoms with Gasteiger partial charge in [0.1, 0.15) is 0 Å². The number of ketones is 1. The Labute approximate surface area is 101 Å². The summed E-state index contributed by atoms with van der Waals surface area (Å²) in [7, 11) is 0. The lowest BCUT2D eigenvalue weighted by atomic mass is 10.0. The molecule has 0 bridgehead atoms. The molecule has 1 heterocycles. The number of hydrogen-bond acceptors (Lipinski definition) is 2. The topological polar surface area (TPSA) is 37.4 Å². The van der Waals surface area contributed by atoms with Crippen LogP contribution in [-0.2, 0) is 11.2 Å². The third-order valence-electron chi connectivity index (χ3n) is 3.22. The first kappa shape index (κ1) is 11.8. The molecule has 17 heavy (non-hydrogen) atoms. The second-order valence-electron chi connectivity index (χ2n) is 4.27. The minimum Gasteiger partial charge on any atom is -0.312 e. The molecule has 1 aliphatic heterocycles. The van der Waals surface area contributed by atoms with Crippen LogP contribution in [0.2, 0.25) is 0 Å². The summed E-state index contributed by atoms with van der Waals surface area (Å²) in [6.07, 6.45) is 1.90. The maximum Gasteiger partial charge on any atom is 0.226 e. The average molecular weight is 231 g/mol. The standard InChI is InChI=1S/C14H17NO2/c1-3-13(16)11-5-6-12-10(9-11)7-8-15(12)14(17)4-2/h5-6,9H,3-4,7-8H2,1-2H3. The third kappa shape index (κ3) is 2.09. The van der Waals surface area contributed by atoms with E-state index in [1.54, 1.807) is 0 Å². The maximum absolute atomic E-state index is 11.7. The highest BCUT2D eigenvalue weighted by Gasteiger charge is 2.23. The normalized spacial score (nSPS) is 13.6. The van der Waals surface area contributed by atoms with Crippen LogP contribution in [0.15, 0.2) is 18.2 Å². The zero-order chi connectivity index (χ0) is 12.4. The maximum atomic E-state index is 11.7. The third-order valence-corrected chi connectivity index (χ3v) is 3.22. The van der Waals surface area contributed by atoms with Crippen molar-refractivity contribution < 1.29 is 9.59 Å². The lowest BCUT2D eigenvalue weighted by Gasteiger charge is -2.16. The number of carbonyl (C=O) groups excluding carboxylic acids is 2. The largest absolute Gasteiger partial charge is 0.312 e. The van der Waals surface area contributed by atoms with Crippen LogP contribution in [0, 0.1) is 0 Å². The van der Waals surface area contributed by atoms with Crippen molar-refractivity contribution in [2.75, 3.05) is 11.4 Å². The molecule has 0 unspecified atom stereocenters. The lowest BCUT2D eigenvalue weighted by Crippen LogP contribution is -2.27. The van der Waals surface area contributed by atoms with Gasteiger partial charge in [0.15, 0.2) is 5.78 Å². The highest BCUT2D eigenvalue weighted by Crippen LogP contribution is 2.29. The summed E-state index contributed by atoms with van der Waals surface area (Å²) in [6.45, 7) is 4.48. The molecule has 1 aromatic carbocycles. The highest BCUT2D eigenvalue weighted by atomic mass is 16.2. The fourth-order valence-corrected chi connectivity index (χ4v) is 2.23. The van der Waals surface area contributed by atoms with Crippen LogP contribution in [0.1, 0.15) is 42.6 Å². The number of Topliss-reactive ketones (excluding diaryl/α,β-unsaturated/α-hetero) is 1. The van der Waals surface area contributed by atoms with Crippen molar-refractivity contribution >= 4 is 17.4 Å². The minimum absolute atomic E-state index is 0.151. The van der Waals surface area contributed by atoms with E-state index in [9.17, 15) is 9.59 Å². The van der Waals surface area contributed by atoms with E-state index >= 15 is 0 Å². The molecular formula is C14H17NO2. The molecule has 0 atom stereocenters. The van der Waals surface area contributed by atoms with Crippen LogP contribution in [0.4, 0.5) is 5.69 Å². The van der Waals surface area contributed by atoms with Gasteiger partial charge in [0.2, 0.25) is 5.91 Å². The molecule has 0 aliphatic carbocycles. The molecule has 0 saturated carbocycles. The van der Waals surface area contributed by atoms with Crippen molar-refractivity contribution in [1.29, 1.82) is 0 Å². The zero-order valence-electron chi connectivity index (χ0n) is 10.3. The second-order valence-corrected chi connectivity index (χ2v) is 4.27. The Hall–Kier alpha value is -1.64. The number of amides is 1. The number of rotatable bonds is 3. The molecule has 1 aromatic rings. The van der Waals surface area contributed by atoms with Crippen LogP contribution in [0.3, 0.4) is 0 Å². The van der Waals surface area contributed by atoms with Crippen molar-refractivity contribution in [3.8, 4) is 0 Å². The van der Waals surface area contributed by atoms with Gasteiger partial charge in [-0.2, -0.15) is 0 Å². The van der Waals surface area contributed by atoms with E-state index in [0.717, 1.165) is 29.8 Å². The van der Waals surface area contributed by atoms with Crippen molar-refractivity contribution in [3.05, 3.63) is 29.3 Å². The van der Waals surface area contributed by atoms with E-state index < -0.39 is 0 Å². The number of carbonyl (C=O) groups is 2. The summed E-state index contributed by atoms with van der Waals surface area (Å²) in [5, 5.41) is 0. The van der Waals surface area contributed by atoms with Gasteiger partial charge < -0.3 is 4.90 Å². The molecule has 0 radical (unpaired) electrons. The molecule has 1 amide bonds. The number of nitrogens with zero attached hydrogens (tertiary/aromatic N) is 1. The van der Waals surface area contributed by atoms with E-state index in [4.69, 9.17) is 0 Å². The first-order valence-corrected chi connectivity index (χ1v) is 6.13. The van der Waals surface area contributed by atoms with Crippen LogP contribution in [-0.4, -0.2) is 18.2 Å². The highest BCUT2D eigenvalue weighted by molar-refractivity contribution is 5.99. The predicted molar refractivity (Wildman–Crippen MR) is 67.4 cm³/mol. The Balaban J connectivity index is 2.32. The van der Waals surface area contributed by atoms with Crippen molar-refractivity contribution in [1.82, 2.24) is 0 Å². The van der Waals surface area contributed by atoms with Gasteiger partial charge in [-0.1, -0.05) is 13.8 Å². The summed E-state index contributed by atoms with van der Waals surface area (Å²) in [4.78, 5) is 25.1. The van der Waals surface area contributed by atoms with E-state index in [1.165, 1.54) is 0 Å². The van der Waals surface area contributed by atoms with Gasteiger partial charge in [0.25, 0.3) is 0 Å². The molecule has 1 aliphatic rings. The molecule has 0 aromatic heterocycles. The second kappa shape index (κ2) is 4.70. The van der Waals surface area contributed by atoms with Crippen molar-refractivity contribution in [3.63, 3.8) is 0 Å². The van der Waals surface area contributed by atoms with Crippen molar-refractivity contribution in [2.24, 2.45) is 0 Å². The number of benzene rings is 1. The summed E-state index contributed by atoms with van der Waals surface area (Å²) in [6, 6.07) is 5.66. The average Bonchev–Trinajstić information content (AvgIpc) is 2.79. The van der Waals surface area contributed by atoms with Gasteiger partial charge in [0, 0.05) is 30.6 Å². The molecule has 0 fully saturated rings. The van der Waals surface area contributed by atoms with Gasteiger partial charge in [-0.15, -0.1) is 0 Å². The summed E-state index contributed by atoms with van der Waals surface area (Å²) >= 11 is 0. The smallest absolute Gasteiger partial charge is 0.226 e. The quantitative estimate of drug-likeness (QED) is 0.750. The van der Waals surface area contributed by atoms with Gasteiger partial charge in [-0.3, -0.25) is 9.59 Å². The van der Waals surface area contributed by atoms with Crippen LogP contribution in [0.5, 0.6) is 0 Å². The van der Waals surface area contributed by atoms with E-state index in [2.05, 4.69) is 0 Å².